The van der Waals surface area contributed by atoms with E-state index in [1.54, 1.807) is 0 Å². The molecule has 8 N–H and O–H groups in total. The van der Waals surface area contributed by atoms with Gasteiger partial charge in [-0.25, -0.2) is 0 Å². The number of hydrogen-bond acceptors (Lipinski definition) is 10. The van der Waals surface area contributed by atoms with Gasteiger partial charge in [-0.3, -0.25) is 4.79 Å². The van der Waals surface area contributed by atoms with Crippen molar-refractivity contribution < 1.29 is 50.0 Å². The molecule has 1 aliphatic rings. The summed E-state index contributed by atoms with van der Waals surface area (Å²) in [5.74, 6) is -0.708. The monoisotopic (exact) mass is 912 g/mol. The largest absolute Gasteiger partial charge is 0.394 e. The van der Waals surface area contributed by atoms with Crippen LogP contribution < -0.4 is 5.32 Å². The van der Waals surface area contributed by atoms with Crippen LogP contribution >= 0.6 is 0 Å². The quantitative estimate of drug-likeness (QED) is 0.0216. The Morgan fingerprint density at radius 1 is 0.531 bits per heavy atom. The number of rotatable bonds is 45. The second-order valence-corrected chi connectivity index (χ2v) is 18.9. The molecule has 0 aromatic carbocycles. The number of amides is 1. The van der Waals surface area contributed by atoms with Crippen LogP contribution in [0.4, 0.5) is 0 Å². The van der Waals surface area contributed by atoms with Crippen molar-refractivity contribution in [3.05, 3.63) is 24.3 Å². The molecule has 9 unspecified atom stereocenters. The van der Waals surface area contributed by atoms with Crippen molar-refractivity contribution in [3.63, 3.8) is 0 Å². The van der Waals surface area contributed by atoms with E-state index in [2.05, 4.69) is 43.5 Å². The first-order valence-corrected chi connectivity index (χ1v) is 26.7. The number of nitrogens with one attached hydrogen (secondary N) is 1. The van der Waals surface area contributed by atoms with Crippen molar-refractivity contribution >= 4 is 5.91 Å². The van der Waals surface area contributed by atoms with E-state index < -0.39 is 74.2 Å². The molecular formula is C53H101NO10. The molecule has 0 bridgehead atoms. The molecule has 11 heteroatoms. The molecule has 378 valence electrons. The Morgan fingerprint density at radius 2 is 0.922 bits per heavy atom. The summed E-state index contributed by atoms with van der Waals surface area (Å²) in [5.41, 5.74) is 0. The highest BCUT2D eigenvalue weighted by atomic mass is 16.7. The molecule has 0 spiro atoms. The lowest BCUT2D eigenvalue weighted by atomic mass is 9.98. The highest BCUT2D eigenvalue weighted by Crippen LogP contribution is 2.23. The van der Waals surface area contributed by atoms with Crippen LogP contribution in [0.15, 0.2) is 24.3 Å². The highest BCUT2D eigenvalue weighted by Gasteiger charge is 2.44. The zero-order valence-corrected chi connectivity index (χ0v) is 41.0. The van der Waals surface area contributed by atoms with Gasteiger partial charge in [-0.2, -0.15) is 0 Å². The van der Waals surface area contributed by atoms with Gasteiger partial charge in [0.2, 0.25) is 5.91 Å². The first-order chi connectivity index (χ1) is 31.2. The summed E-state index contributed by atoms with van der Waals surface area (Å²) in [6.45, 7) is 3.43. The fraction of sp³-hybridized carbons (Fsp3) is 0.906. The molecule has 64 heavy (non-hydrogen) atoms. The molecule has 1 fully saturated rings. The molecule has 1 heterocycles. The van der Waals surface area contributed by atoms with Gasteiger partial charge >= 0.3 is 0 Å². The Bertz CT molecular complexity index is 1090. The standard InChI is InChI=1S/C53H101NO10/c1-3-5-7-9-11-13-15-17-18-19-20-21-22-23-24-25-26-27-29-31-33-35-37-39-41-46(57)52(62)54-44(43-63-53-51(61)50(60)49(59)47(42-55)64-53)48(58)45(56)40-38-36-34-32-30-28-16-14-12-10-8-6-4-2/h23-24,32,34,44-51,53,55-61H,3-22,25-31,33,35-43H2,1-2H3,(H,54,62)/b24-23-,34-32+. The summed E-state index contributed by atoms with van der Waals surface area (Å²) in [5, 5.41) is 75.8. The third-order valence-electron chi connectivity index (χ3n) is 13.0. The van der Waals surface area contributed by atoms with Gasteiger partial charge in [0.15, 0.2) is 6.29 Å². The van der Waals surface area contributed by atoms with Crippen LogP contribution in [0.3, 0.4) is 0 Å². The second kappa shape index (κ2) is 42.9. The fourth-order valence-corrected chi connectivity index (χ4v) is 8.55. The zero-order chi connectivity index (χ0) is 46.9. The van der Waals surface area contributed by atoms with Crippen molar-refractivity contribution in [1.29, 1.82) is 0 Å². The summed E-state index contributed by atoms with van der Waals surface area (Å²) >= 11 is 0. The van der Waals surface area contributed by atoms with Crippen LogP contribution in [0, 0.1) is 0 Å². The van der Waals surface area contributed by atoms with Crippen molar-refractivity contribution in [2.45, 2.75) is 294 Å². The summed E-state index contributed by atoms with van der Waals surface area (Å²) in [6.07, 6.45) is 38.1. The first-order valence-electron chi connectivity index (χ1n) is 26.7. The predicted octanol–water partition coefficient (Wildman–Crippen LogP) is 10.2. The van der Waals surface area contributed by atoms with E-state index in [0.717, 1.165) is 44.9 Å². The molecule has 0 aromatic heterocycles. The summed E-state index contributed by atoms with van der Waals surface area (Å²) in [7, 11) is 0. The lowest BCUT2D eigenvalue weighted by Crippen LogP contribution is -2.60. The molecule has 1 aliphatic heterocycles. The molecular weight excluding hydrogens is 811 g/mol. The number of ether oxygens (including phenoxy) is 2. The molecule has 9 atom stereocenters. The molecule has 1 amide bonds. The van der Waals surface area contributed by atoms with Gasteiger partial charge in [0.1, 0.15) is 36.6 Å². The van der Waals surface area contributed by atoms with E-state index >= 15 is 0 Å². The topological polar surface area (TPSA) is 189 Å². The van der Waals surface area contributed by atoms with Crippen LogP contribution in [0.25, 0.3) is 0 Å². The first kappa shape index (κ1) is 60.6. The van der Waals surface area contributed by atoms with Gasteiger partial charge in [-0.1, -0.05) is 199 Å². The molecule has 1 saturated heterocycles. The van der Waals surface area contributed by atoms with E-state index in [4.69, 9.17) is 9.47 Å². The molecule has 1 rings (SSSR count). The zero-order valence-electron chi connectivity index (χ0n) is 41.0. The summed E-state index contributed by atoms with van der Waals surface area (Å²) in [4.78, 5) is 13.1. The van der Waals surface area contributed by atoms with Gasteiger partial charge in [-0.05, 0) is 64.2 Å². The van der Waals surface area contributed by atoms with Gasteiger partial charge < -0.3 is 50.5 Å². The maximum atomic E-state index is 13.1. The number of unbranched alkanes of at least 4 members (excludes halogenated alkanes) is 29. The average Bonchev–Trinajstić information content (AvgIpc) is 3.29. The molecule has 0 saturated carbocycles. The molecule has 0 radical (unpaired) electrons. The maximum Gasteiger partial charge on any atom is 0.249 e. The van der Waals surface area contributed by atoms with Crippen molar-refractivity contribution in [1.82, 2.24) is 5.32 Å². The molecule has 11 nitrogen and oxygen atoms in total. The van der Waals surface area contributed by atoms with Gasteiger partial charge in [0, 0.05) is 0 Å². The van der Waals surface area contributed by atoms with Crippen LogP contribution in [-0.4, -0.2) is 110 Å². The van der Waals surface area contributed by atoms with E-state index in [0.29, 0.717) is 12.8 Å². The van der Waals surface area contributed by atoms with Crippen LogP contribution in [-0.2, 0) is 14.3 Å². The Labute approximate surface area is 391 Å². The predicted molar refractivity (Wildman–Crippen MR) is 261 cm³/mol. The Morgan fingerprint density at radius 3 is 1.34 bits per heavy atom. The van der Waals surface area contributed by atoms with E-state index in [-0.39, 0.29) is 12.8 Å². The number of carbonyl (C=O) groups is 1. The lowest BCUT2D eigenvalue weighted by Gasteiger charge is -2.40. The van der Waals surface area contributed by atoms with E-state index in [9.17, 15) is 40.5 Å². The number of aliphatic hydroxyl groups excluding tert-OH is 7. The lowest BCUT2D eigenvalue weighted by molar-refractivity contribution is -0.303. The van der Waals surface area contributed by atoms with Crippen molar-refractivity contribution in [2.75, 3.05) is 13.2 Å². The van der Waals surface area contributed by atoms with Gasteiger partial charge in [0.25, 0.3) is 0 Å². The summed E-state index contributed by atoms with van der Waals surface area (Å²) in [6, 6.07) is -1.18. The second-order valence-electron chi connectivity index (χ2n) is 18.9. The third-order valence-corrected chi connectivity index (χ3v) is 13.0. The molecule has 0 aliphatic carbocycles. The van der Waals surface area contributed by atoms with E-state index in [1.165, 1.54) is 154 Å². The van der Waals surface area contributed by atoms with Crippen molar-refractivity contribution in [3.8, 4) is 0 Å². The number of carbonyl (C=O) groups excluding carboxylic acids is 1. The van der Waals surface area contributed by atoms with Gasteiger partial charge in [-0.15, -0.1) is 0 Å². The minimum absolute atomic E-state index is 0.252. The Hall–Kier alpha value is -1.41. The average molecular weight is 912 g/mol. The number of hydrogen-bond donors (Lipinski definition) is 8. The maximum absolute atomic E-state index is 13.1. The van der Waals surface area contributed by atoms with Crippen LogP contribution in [0.5, 0.6) is 0 Å². The highest BCUT2D eigenvalue weighted by molar-refractivity contribution is 5.80. The normalized spacial score (nSPS) is 21.2. The molecule has 0 aromatic rings. The smallest absolute Gasteiger partial charge is 0.249 e. The Balaban J connectivity index is 2.33. The minimum atomic E-state index is -1.67. The number of allylic oxidation sites excluding steroid dienone is 4. The SMILES string of the molecule is CCCCCCCCCC/C=C/CCCC(O)C(O)C(COC1OC(CO)C(O)C(O)C1O)NC(=O)C(O)CCCCCCCCCC/C=C\CCCCCCCCCCCCCC. The van der Waals surface area contributed by atoms with Gasteiger partial charge in [0.05, 0.1) is 25.4 Å². The minimum Gasteiger partial charge on any atom is -0.394 e. The van der Waals surface area contributed by atoms with Crippen LogP contribution in [0.2, 0.25) is 0 Å². The van der Waals surface area contributed by atoms with Crippen molar-refractivity contribution in [2.24, 2.45) is 0 Å². The Kier molecular flexibility index (Phi) is 40.6. The number of aliphatic hydroxyl groups is 7. The fourth-order valence-electron chi connectivity index (χ4n) is 8.55. The third kappa shape index (κ3) is 31.5. The van der Waals surface area contributed by atoms with E-state index in [1.807, 2.05) is 0 Å². The van der Waals surface area contributed by atoms with Crippen LogP contribution in [0.1, 0.15) is 239 Å². The summed E-state index contributed by atoms with van der Waals surface area (Å²) < 4.78 is 11.1.